The van der Waals surface area contributed by atoms with E-state index in [0.29, 0.717) is 19.4 Å². The van der Waals surface area contributed by atoms with Crippen LogP contribution in [-0.2, 0) is 14.8 Å². The molecule has 1 aliphatic heterocycles. The van der Waals surface area contributed by atoms with Crippen molar-refractivity contribution in [3.05, 3.63) is 30.1 Å². The quantitative estimate of drug-likeness (QED) is 0.904. The van der Waals surface area contributed by atoms with Gasteiger partial charge in [-0.15, -0.1) is 0 Å². The van der Waals surface area contributed by atoms with E-state index in [-0.39, 0.29) is 23.8 Å². The Kier molecular flexibility index (Phi) is 4.95. The highest BCUT2D eigenvalue weighted by Gasteiger charge is 2.34. The lowest BCUT2D eigenvalue weighted by Gasteiger charge is -2.34. The number of carboxylic acids is 1. The lowest BCUT2D eigenvalue weighted by molar-refractivity contribution is -0.137. The Bertz CT molecular complexity index is 617. The smallest absolute Gasteiger partial charge is 0.303 e. The molecule has 1 heterocycles. The molecule has 21 heavy (non-hydrogen) atoms. The number of sulfonamides is 1. The van der Waals surface area contributed by atoms with Gasteiger partial charge in [-0.1, -0.05) is 18.6 Å². The van der Waals surface area contributed by atoms with Gasteiger partial charge in [0.25, 0.3) is 0 Å². The van der Waals surface area contributed by atoms with Crippen molar-refractivity contribution in [2.45, 2.75) is 43.0 Å². The van der Waals surface area contributed by atoms with Crippen molar-refractivity contribution in [3.63, 3.8) is 0 Å². The predicted octanol–water partition coefficient (Wildman–Crippen LogP) is 2.23. The van der Waals surface area contributed by atoms with Crippen molar-refractivity contribution in [2.75, 3.05) is 6.54 Å². The second-order valence-corrected chi connectivity index (χ2v) is 6.99. The van der Waals surface area contributed by atoms with Crippen LogP contribution in [0.3, 0.4) is 0 Å². The Balaban J connectivity index is 2.27. The van der Waals surface area contributed by atoms with Crippen LogP contribution in [0.1, 0.15) is 32.1 Å². The minimum Gasteiger partial charge on any atom is -0.481 e. The number of aliphatic carboxylic acids is 1. The first-order chi connectivity index (χ1) is 9.93. The van der Waals surface area contributed by atoms with Gasteiger partial charge in [-0.3, -0.25) is 4.79 Å². The average molecular weight is 315 g/mol. The average Bonchev–Trinajstić information content (AvgIpc) is 2.45. The van der Waals surface area contributed by atoms with E-state index in [1.807, 2.05) is 0 Å². The third-order valence-corrected chi connectivity index (χ3v) is 5.67. The highest BCUT2D eigenvalue weighted by Crippen LogP contribution is 2.28. The maximum atomic E-state index is 13.8. The number of carbonyl (C=O) groups is 1. The molecule has 1 aromatic carbocycles. The normalized spacial score (nSPS) is 20.3. The van der Waals surface area contributed by atoms with Crippen LogP contribution < -0.4 is 0 Å². The van der Waals surface area contributed by atoms with Gasteiger partial charge in [0.1, 0.15) is 10.7 Å². The summed E-state index contributed by atoms with van der Waals surface area (Å²) >= 11 is 0. The zero-order valence-electron chi connectivity index (χ0n) is 11.5. The third-order valence-electron chi connectivity index (χ3n) is 3.69. The largest absolute Gasteiger partial charge is 0.481 e. The second kappa shape index (κ2) is 6.53. The molecule has 1 fully saturated rings. The van der Waals surface area contributed by atoms with E-state index >= 15 is 0 Å². The van der Waals surface area contributed by atoms with E-state index in [1.165, 1.54) is 22.5 Å². The third kappa shape index (κ3) is 3.59. The molecule has 0 aromatic heterocycles. The highest BCUT2D eigenvalue weighted by atomic mass is 32.2. The lowest BCUT2D eigenvalue weighted by atomic mass is 10.0. The standard InChI is InChI=1S/C14H18FNO4S/c15-12-6-1-2-7-13(12)21(19,20)16-10-4-3-5-11(16)8-9-14(17)18/h1-2,6-7,11H,3-5,8-10H2,(H,17,18). The van der Waals surface area contributed by atoms with Crippen molar-refractivity contribution < 1.29 is 22.7 Å². The molecule has 2 rings (SSSR count). The summed E-state index contributed by atoms with van der Waals surface area (Å²) in [7, 11) is -3.92. The molecule has 0 aliphatic carbocycles. The summed E-state index contributed by atoms with van der Waals surface area (Å²) < 4.78 is 40.2. The molecule has 1 atom stereocenters. The summed E-state index contributed by atoms with van der Waals surface area (Å²) in [5, 5.41) is 8.77. The lowest BCUT2D eigenvalue weighted by Crippen LogP contribution is -2.44. The first kappa shape index (κ1) is 15.9. The van der Waals surface area contributed by atoms with Gasteiger partial charge >= 0.3 is 5.97 Å². The molecule has 0 saturated carbocycles. The highest BCUT2D eigenvalue weighted by molar-refractivity contribution is 7.89. The number of rotatable bonds is 5. The van der Waals surface area contributed by atoms with Crippen molar-refractivity contribution >= 4 is 16.0 Å². The van der Waals surface area contributed by atoms with E-state index in [4.69, 9.17) is 5.11 Å². The van der Waals surface area contributed by atoms with E-state index in [9.17, 15) is 17.6 Å². The fourth-order valence-corrected chi connectivity index (χ4v) is 4.44. The van der Waals surface area contributed by atoms with Crippen LogP contribution in [-0.4, -0.2) is 36.4 Å². The first-order valence-electron chi connectivity index (χ1n) is 6.91. The Morgan fingerprint density at radius 2 is 2.05 bits per heavy atom. The fourth-order valence-electron chi connectivity index (χ4n) is 2.65. The Hall–Kier alpha value is -1.47. The maximum Gasteiger partial charge on any atom is 0.303 e. The second-order valence-electron chi connectivity index (χ2n) is 5.13. The fraction of sp³-hybridized carbons (Fsp3) is 0.500. The van der Waals surface area contributed by atoms with Gasteiger partial charge in [-0.25, -0.2) is 12.8 Å². The topological polar surface area (TPSA) is 74.7 Å². The minimum atomic E-state index is -3.92. The van der Waals surface area contributed by atoms with Gasteiger partial charge in [0.2, 0.25) is 10.0 Å². The number of hydrogen-bond acceptors (Lipinski definition) is 3. The van der Waals surface area contributed by atoms with Gasteiger partial charge in [0, 0.05) is 19.0 Å². The van der Waals surface area contributed by atoms with Gasteiger partial charge in [0.15, 0.2) is 0 Å². The van der Waals surface area contributed by atoms with Crippen LogP contribution >= 0.6 is 0 Å². The molecule has 1 aromatic rings. The summed E-state index contributed by atoms with van der Waals surface area (Å²) in [6, 6.07) is 4.90. The molecule has 1 aliphatic rings. The van der Waals surface area contributed by atoms with Crippen molar-refractivity contribution in [2.24, 2.45) is 0 Å². The number of halogens is 1. The molecule has 1 N–H and O–H groups in total. The number of benzene rings is 1. The SMILES string of the molecule is O=C(O)CCC1CCCCN1S(=O)(=O)c1ccccc1F. The summed E-state index contributed by atoms with van der Waals surface area (Å²) in [5.41, 5.74) is 0. The Morgan fingerprint density at radius 3 is 2.71 bits per heavy atom. The maximum absolute atomic E-state index is 13.8. The molecule has 0 spiro atoms. The molecule has 0 bridgehead atoms. The molecule has 7 heteroatoms. The van der Waals surface area contributed by atoms with E-state index in [0.717, 1.165) is 12.5 Å². The molecule has 1 saturated heterocycles. The molecule has 0 radical (unpaired) electrons. The van der Waals surface area contributed by atoms with Crippen LogP contribution in [0.15, 0.2) is 29.2 Å². The van der Waals surface area contributed by atoms with Gasteiger partial charge in [0.05, 0.1) is 0 Å². The number of nitrogens with zero attached hydrogens (tertiary/aromatic N) is 1. The van der Waals surface area contributed by atoms with Gasteiger partial charge < -0.3 is 5.11 Å². The molecule has 1 unspecified atom stereocenters. The molecule has 0 amide bonds. The van der Waals surface area contributed by atoms with E-state index in [1.54, 1.807) is 0 Å². The van der Waals surface area contributed by atoms with Crippen LogP contribution in [0.25, 0.3) is 0 Å². The van der Waals surface area contributed by atoms with Crippen molar-refractivity contribution in [3.8, 4) is 0 Å². The Morgan fingerprint density at radius 1 is 1.33 bits per heavy atom. The molecule has 116 valence electrons. The van der Waals surface area contributed by atoms with Gasteiger partial charge in [-0.2, -0.15) is 4.31 Å². The zero-order chi connectivity index (χ0) is 15.5. The Labute approximate surface area is 123 Å². The van der Waals surface area contributed by atoms with E-state index < -0.39 is 21.8 Å². The minimum absolute atomic E-state index is 0.0893. The first-order valence-corrected chi connectivity index (χ1v) is 8.35. The van der Waals surface area contributed by atoms with Crippen LogP contribution in [0, 0.1) is 5.82 Å². The number of carboxylic acid groups (broad SMARTS) is 1. The summed E-state index contributed by atoms with van der Waals surface area (Å²) in [5.74, 6) is -1.73. The number of piperidine rings is 1. The number of hydrogen-bond donors (Lipinski definition) is 1. The molecule has 5 nitrogen and oxygen atoms in total. The van der Waals surface area contributed by atoms with Crippen LogP contribution in [0.2, 0.25) is 0 Å². The molecular weight excluding hydrogens is 297 g/mol. The van der Waals surface area contributed by atoms with Crippen molar-refractivity contribution in [1.29, 1.82) is 0 Å². The van der Waals surface area contributed by atoms with Crippen LogP contribution in [0.4, 0.5) is 4.39 Å². The summed E-state index contributed by atoms with van der Waals surface area (Å²) in [4.78, 5) is 10.4. The van der Waals surface area contributed by atoms with Crippen LogP contribution in [0.5, 0.6) is 0 Å². The zero-order valence-corrected chi connectivity index (χ0v) is 12.4. The summed E-state index contributed by atoms with van der Waals surface area (Å²) in [6.45, 7) is 0.307. The van der Waals surface area contributed by atoms with Gasteiger partial charge in [-0.05, 0) is 31.4 Å². The van der Waals surface area contributed by atoms with E-state index in [2.05, 4.69) is 0 Å². The summed E-state index contributed by atoms with van der Waals surface area (Å²) in [6.07, 6.45) is 2.34. The van der Waals surface area contributed by atoms with Crippen molar-refractivity contribution in [1.82, 2.24) is 4.31 Å². The molecular formula is C14H18FNO4S. The monoisotopic (exact) mass is 315 g/mol. The predicted molar refractivity (Wildman–Crippen MR) is 74.8 cm³/mol.